The first kappa shape index (κ1) is 13.1. The molecule has 5 nitrogen and oxygen atoms in total. The Labute approximate surface area is 119 Å². The summed E-state index contributed by atoms with van der Waals surface area (Å²) >= 11 is 0. The van der Waals surface area contributed by atoms with E-state index in [1.165, 1.54) is 5.56 Å². The molecule has 2 aromatic rings. The Bertz CT molecular complexity index is 590. The first-order valence-corrected chi connectivity index (χ1v) is 7.19. The highest BCUT2D eigenvalue weighted by Gasteiger charge is 2.18. The van der Waals surface area contributed by atoms with Crippen LogP contribution in [0.25, 0.3) is 0 Å². The van der Waals surface area contributed by atoms with Crippen molar-refractivity contribution in [2.75, 3.05) is 18.5 Å². The van der Waals surface area contributed by atoms with E-state index >= 15 is 0 Å². The number of pyridine rings is 1. The number of anilines is 1. The third-order valence-electron chi connectivity index (χ3n) is 3.74. The zero-order valence-electron chi connectivity index (χ0n) is 12.1. The SMILES string of the molecule is CCc1cc(CNC)cc(N2CCn3ccnc3C2)n1. The summed E-state index contributed by atoms with van der Waals surface area (Å²) in [6.07, 6.45) is 4.89. The van der Waals surface area contributed by atoms with Crippen LogP contribution in [0.3, 0.4) is 0 Å². The molecule has 1 aliphatic heterocycles. The predicted octanol–water partition coefficient (Wildman–Crippen LogP) is 1.58. The molecule has 0 spiro atoms. The number of fused-ring (bicyclic) bond motifs is 1. The number of nitrogens with zero attached hydrogens (tertiary/aromatic N) is 4. The van der Waals surface area contributed by atoms with Crippen molar-refractivity contribution in [1.82, 2.24) is 19.9 Å². The van der Waals surface area contributed by atoms with E-state index in [9.17, 15) is 0 Å². The summed E-state index contributed by atoms with van der Waals surface area (Å²) in [4.78, 5) is 11.5. The van der Waals surface area contributed by atoms with Gasteiger partial charge in [-0.1, -0.05) is 6.92 Å². The Morgan fingerprint density at radius 2 is 2.20 bits per heavy atom. The van der Waals surface area contributed by atoms with Gasteiger partial charge in [0.15, 0.2) is 0 Å². The number of hydrogen-bond donors (Lipinski definition) is 1. The highest BCUT2D eigenvalue weighted by atomic mass is 15.3. The quantitative estimate of drug-likeness (QED) is 0.917. The molecule has 0 radical (unpaired) electrons. The highest BCUT2D eigenvalue weighted by Crippen LogP contribution is 2.20. The maximum Gasteiger partial charge on any atom is 0.129 e. The summed E-state index contributed by atoms with van der Waals surface area (Å²) in [6, 6.07) is 4.37. The molecule has 0 saturated heterocycles. The van der Waals surface area contributed by atoms with Crippen LogP contribution in [0.15, 0.2) is 24.5 Å². The van der Waals surface area contributed by atoms with E-state index in [2.05, 4.69) is 45.0 Å². The number of aromatic nitrogens is 3. The molecule has 0 saturated carbocycles. The molecule has 0 bridgehead atoms. The third-order valence-corrected chi connectivity index (χ3v) is 3.74. The standard InChI is InChI=1S/C15H21N5/c1-3-13-8-12(10-16-2)9-14(18-13)20-7-6-19-5-4-17-15(19)11-20/h4-5,8-9,16H,3,6-7,10-11H2,1-2H3. The van der Waals surface area contributed by atoms with Crippen LogP contribution in [-0.2, 0) is 26.1 Å². The molecule has 2 aromatic heterocycles. The minimum atomic E-state index is 0.839. The van der Waals surface area contributed by atoms with Crippen molar-refractivity contribution in [2.24, 2.45) is 0 Å². The van der Waals surface area contributed by atoms with E-state index in [0.29, 0.717) is 0 Å². The first-order chi connectivity index (χ1) is 9.80. The van der Waals surface area contributed by atoms with Gasteiger partial charge in [0, 0.05) is 37.7 Å². The lowest BCUT2D eigenvalue weighted by Gasteiger charge is -2.29. The third kappa shape index (κ3) is 2.54. The van der Waals surface area contributed by atoms with Gasteiger partial charge in [-0.25, -0.2) is 9.97 Å². The molecule has 0 atom stereocenters. The summed E-state index contributed by atoms with van der Waals surface area (Å²) in [5, 5.41) is 3.21. The fourth-order valence-corrected chi connectivity index (χ4v) is 2.65. The number of rotatable bonds is 4. The number of aryl methyl sites for hydroxylation is 1. The van der Waals surface area contributed by atoms with Gasteiger partial charge in [-0.2, -0.15) is 0 Å². The highest BCUT2D eigenvalue weighted by molar-refractivity contribution is 5.43. The minimum absolute atomic E-state index is 0.839. The second kappa shape index (κ2) is 5.63. The summed E-state index contributed by atoms with van der Waals surface area (Å²) in [5.74, 6) is 2.19. The molecule has 0 aromatic carbocycles. The molecular weight excluding hydrogens is 250 g/mol. The zero-order chi connectivity index (χ0) is 13.9. The number of hydrogen-bond acceptors (Lipinski definition) is 4. The summed E-state index contributed by atoms with van der Waals surface area (Å²) in [5.41, 5.74) is 2.45. The van der Waals surface area contributed by atoms with E-state index in [1.807, 2.05) is 13.2 Å². The van der Waals surface area contributed by atoms with Gasteiger partial charge in [0.2, 0.25) is 0 Å². The van der Waals surface area contributed by atoms with Crippen molar-refractivity contribution in [3.05, 3.63) is 41.6 Å². The molecular formula is C15H21N5. The van der Waals surface area contributed by atoms with Crippen LogP contribution in [0.1, 0.15) is 24.0 Å². The lowest BCUT2D eigenvalue weighted by atomic mass is 10.2. The number of nitrogens with one attached hydrogen (secondary N) is 1. The average Bonchev–Trinajstić information content (AvgIpc) is 2.94. The van der Waals surface area contributed by atoms with Gasteiger partial charge in [0.05, 0.1) is 6.54 Å². The van der Waals surface area contributed by atoms with E-state index < -0.39 is 0 Å². The molecule has 0 unspecified atom stereocenters. The fourth-order valence-electron chi connectivity index (χ4n) is 2.65. The van der Waals surface area contributed by atoms with Crippen LogP contribution < -0.4 is 10.2 Å². The fraction of sp³-hybridized carbons (Fsp3) is 0.467. The van der Waals surface area contributed by atoms with E-state index in [0.717, 1.165) is 49.9 Å². The van der Waals surface area contributed by atoms with Gasteiger partial charge < -0.3 is 14.8 Å². The summed E-state index contributed by atoms with van der Waals surface area (Å²) < 4.78 is 2.22. The Hall–Kier alpha value is -1.88. The van der Waals surface area contributed by atoms with E-state index in [1.54, 1.807) is 0 Å². The van der Waals surface area contributed by atoms with Gasteiger partial charge in [-0.05, 0) is 31.2 Å². The lowest BCUT2D eigenvalue weighted by Crippen LogP contribution is -2.34. The molecule has 0 amide bonds. The maximum absolute atomic E-state index is 4.78. The molecule has 3 rings (SSSR count). The van der Waals surface area contributed by atoms with Crippen molar-refractivity contribution < 1.29 is 0 Å². The molecule has 0 aliphatic carbocycles. The molecule has 5 heteroatoms. The first-order valence-electron chi connectivity index (χ1n) is 7.19. The van der Waals surface area contributed by atoms with Gasteiger partial charge in [0.25, 0.3) is 0 Å². The van der Waals surface area contributed by atoms with Crippen molar-refractivity contribution in [3.8, 4) is 0 Å². The smallest absolute Gasteiger partial charge is 0.129 e. The Morgan fingerprint density at radius 1 is 1.30 bits per heavy atom. The zero-order valence-corrected chi connectivity index (χ0v) is 12.1. The monoisotopic (exact) mass is 271 g/mol. The molecule has 0 fully saturated rings. The van der Waals surface area contributed by atoms with Crippen molar-refractivity contribution in [2.45, 2.75) is 33.0 Å². The second-order valence-electron chi connectivity index (χ2n) is 5.17. The Kier molecular flexibility index (Phi) is 3.69. The van der Waals surface area contributed by atoms with Gasteiger partial charge in [0.1, 0.15) is 11.6 Å². The molecule has 1 aliphatic rings. The van der Waals surface area contributed by atoms with Gasteiger partial charge in [-0.3, -0.25) is 0 Å². The molecule has 1 N–H and O–H groups in total. The Balaban J connectivity index is 1.88. The van der Waals surface area contributed by atoms with Crippen LogP contribution in [0.2, 0.25) is 0 Å². The van der Waals surface area contributed by atoms with Crippen LogP contribution in [-0.4, -0.2) is 28.1 Å². The van der Waals surface area contributed by atoms with Crippen molar-refractivity contribution in [3.63, 3.8) is 0 Å². The van der Waals surface area contributed by atoms with Crippen LogP contribution in [0.5, 0.6) is 0 Å². The van der Waals surface area contributed by atoms with Crippen molar-refractivity contribution >= 4 is 5.82 Å². The topological polar surface area (TPSA) is 46.0 Å². The van der Waals surface area contributed by atoms with Crippen LogP contribution >= 0.6 is 0 Å². The number of imidazole rings is 1. The minimum Gasteiger partial charge on any atom is -0.347 e. The lowest BCUT2D eigenvalue weighted by molar-refractivity contribution is 0.555. The molecule has 3 heterocycles. The summed E-state index contributed by atoms with van der Waals surface area (Å²) in [6.45, 7) is 5.84. The Morgan fingerprint density at radius 3 is 3.00 bits per heavy atom. The average molecular weight is 271 g/mol. The predicted molar refractivity (Wildman–Crippen MR) is 79.7 cm³/mol. The largest absolute Gasteiger partial charge is 0.347 e. The molecule has 106 valence electrons. The normalized spacial score (nSPS) is 14.4. The van der Waals surface area contributed by atoms with Crippen LogP contribution in [0, 0.1) is 0 Å². The molecule has 20 heavy (non-hydrogen) atoms. The maximum atomic E-state index is 4.78. The van der Waals surface area contributed by atoms with Crippen LogP contribution in [0.4, 0.5) is 5.82 Å². The van der Waals surface area contributed by atoms with E-state index in [-0.39, 0.29) is 0 Å². The van der Waals surface area contributed by atoms with Gasteiger partial charge in [-0.15, -0.1) is 0 Å². The van der Waals surface area contributed by atoms with Gasteiger partial charge >= 0.3 is 0 Å². The summed E-state index contributed by atoms with van der Waals surface area (Å²) in [7, 11) is 1.98. The van der Waals surface area contributed by atoms with E-state index in [4.69, 9.17) is 4.98 Å². The second-order valence-corrected chi connectivity index (χ2v) is 5.17. The van der Waals surface area contributed by atoms with Crippen molar-refractivity contribution in [1.29, 1.82) is 0 Å².